The number of nitrogens with one attached hydrogen (secondary N) is 2. The minimum Gasteiger partial charge on any atom is -0.466 e. The van der Waals surface area contributed by atoms with Crippen molar-refractivity contribution in [2.75, 3.05) is 24.7 Å². The fourth-order valence-corrected chi connectivity index (χ4v) is 4.70. The molecular formula is C25H36N4O5S. The SMILES string of the molecule is CC(C)(C)OC=O.CCOC(=O)C1CCC(O)(c2ncc(C(=N)c3cc(N)ccc3NC)s2)CC1. The lowest BCUT2D eigenvalue weighted by atomic mass is 9.79. The zero-order chi connectivity index (χ0) is 26.2. The summed E-state index contributed by atoms with van der Waals surface area (Å²) in [6, 6.07) is 5.38. The first-order valence-electron chi connectivity index (χ1n) is 11.6. The molecule has 1 aliphatic carbocycles. The molecule has 1 saturated carbocycles. The van der Waals surface area contributed by atoms with Gasteiger partial charge in [-0.2, -0.15) is 0 Å². The molecule has 0 amide bonds. The fraction of sp³-hybridized carbons (Fsp3) is 0.520. The Labute approximate surface area is 210 Å². The molecule has 0 saturated heterocycles. The Balaban J connectivity index is 0.000000540. The van der Waals surface area contributed by atoms with E-state index in [9.17, 15) is 14.7 Å². The second-order valence-electron chi connectivity index (χ2n) is 9.34. The van der Waals surface area contributed by atoms with E-state index < -0.39 is 5.60 Å². The summed E-state index contributed by atoms with van der Waals surface area (Å²) in [5, 5.41) is 23.3. The highest BCUT2D eigenvalue weighted by Gasteiger charge is 2.40. The minimum absolute atomic E-state index is 0.163. The highest BCUT2D eigenvalue weighted by molar-refractivity contribution is 7.14. The van der Waals surface area contributed by atoms with Crippen LogP contribution in [0.25, 0.3) is 0 Å². The number of aliphatic hydroxyl groups is 1. The van der Waals surface area contributed by atoms with Crippen LogP contribution >= 0.6 is 11.3 Å². The van der Waals surface area contributed by atoms with Gasteiger partial charge in [0.1, 0.15) is 16.2 Å². The van der Waals surface area contributed by atoms with Crippen molar-refractivity contribution in [3.05, 3.63) is 39.8 Å². The number of ether oxygens (including phenoxy) is 2. The number of benzene rings is 1. The van der Waals surface area contributed by atoms with Crippen molar-refractivity contribution in [1.29, 1.82) is 5.41 Å². The molecule has 1 aromatic carbocycles. The molecule has 1 fully saturated rings. The smallest absolute Gasteiger partial charge is 0.308 e. The lowest BCUT2D eigenvalue weighted by Gasteiger charge is -2.33. The monoisotopic (exact) mass is 504 g/mol. The number of thiazole rings is 1. The van der Waals surface area contributed by atoms with Gasteiger partial charge < -0.3 is 25.6 Å². The molecule has 0 spiro atoms. The van der Waals surface area contributed by atoms with Gasteiger partial charge in [0.05, 0.1) is 23.1 Å². The van der Waals surface area contributed by atoms with E-state index in [2.05, 4.69) is 15.0 Å². The van der Waals surface area contributed by atoms with E-state index in [1.807, 2.05) is 26.8 Å². The topological polar surface area (TPSA) is 148 Å². The van der Waals surface area contributed by atoms with Crippen molar-refractivity contribution in [2.24, 2.45) is 5.92 Å². The largest absolute Gasteiger partial charge is 0.466 e. The van der Waals surface area contributed by atoms with Crippen LogP contribution < -0.4 is 11.1 Å². The van der Waals surface area contributed by atoms with Crippen LogP contribution in [0.3, 0.4) is 0 Å². The van der Waals surface area contributed by atoms with Crippen molar-refractivity contribution in [3.63, 3.8) is 0 Å². The number of anilines is 2. The summed E-state index contributed by atoms with van der Waals surface area (Å²) in [7, 11) is 1.80. The molecule has 9 nitrogen and oxygen atoms in total. The Bertz CT molecular complexity index is 1020. The molecular weight excluding hydrogens is 468 g/mol. The van der Waals surface area contributed by atoms with Crippen LogP contribution in [0.15, 0.2) is 24.4 Å². The van der Waals surface area contributed by atoms with E-state index >= 15 is 0 Å². The van der Waals surface area contributed by atoms with Gasteiger partial charge in [0.2, 0.25) is 0 Å². The first kappa shape index (κ1) is 28.3. The van der Waals surface area contributed by atoms with Crippen LogP contribution in [-0.4, -0.2) is 47.5 Å². The first-order chi connectivity index (χ1) is 16.4. The molecule has 1 aromatic heterocycles. The van der Waals surface area contributed by atoms with E-state index in [0.717, 1.165) is 5.69 Å². The Morgan fingerprint density at radius 1 is 1.37 bits per heavy atom. The number of carbonyl (C=O) groups excluding carboxylic acids is 2. The first-order valence-corrected chi connectivity index (χ1v) is 12.4. The van der Waals surface area contributed by atoms with Gasteiger partial charge in [-0.05, 0) is 71.6 Å². The van der Waals surface area contributed by atoms with E-state index in [1.165, 1.54) is 11.3 Å². The Morgan fingerprint density at radius 3 is 2.54 bits per heavy atom. The van der Waals surface area contributed by atoms with Crippen molar-refractivity contribution < 1.29 is 24.2 Å². The second-order valence-corrected chi connectivity index (χ2v) is 10.4. The highest BCUT2D eigenvalue weighted by atomic mass is 32.1. The lowest BCUT2D eigenvalue weighted by molar-refractivity contribution is -0.151. The Hall–Kier alpha value is -2.98. The zero-order valence-corrected chi connectivity index (χ0v) is 21.8. The predicted molar refractivity (Wildman–Crippen MR) is 138 cm³/mol. The third-order valence-electron chi connectivity index (χ3n) is 5.57. The van der Waals surface area contributed by atoms with Crippen molar-refractivity contribution >= 4 is 40.9 Å². The van der Waals surface area contributed by atoms with Crippen LogP contribution in [0.5, 0.6) is 0 Å². The molecule has 0 unspecified atom stereocenters. The molecule has 10 heteroatoms. The van der Waals surface area contributed by atoms with Crippen LogP contribution in [0.2, 0.25) is 0 Å². The molecule has 1 heterocycles. The summed E-state index contributed by atoms with van der Waals surface area (Å²) in [6.45, 7) is 8.09. The lowest BCUT2D eigenvalue weighted by Crippen LogP contribution is -2.34. The van der Waals surface area contributed by atoms with Gasteiger partial charge >= 0.3 is 5.97 Å². The highest BCUT2D eigenvalue weighted by Crippen LogP contribution is 2.41. The van der Waals surface area contributed by atoms with E-state index in [-0.39, 0.29) is 17.5 Å². The molecule has 5 N–H and O–H groups in total. The third-order valence-corrected chi connectivity index (χ3v) is 6.78. The molecule has 0 bridgehead atoms. The van der Waals surface area contributed by atoms with Gasteiger partial charge in [-0.1, -0.05) is 0 Å². The number of rotatable bonds is 7. The van der Waals surface area contributed by atoms with Gasteiger partial charge in [-0.25, -0.2) is 4.98 Å². The summed E-state index contributed by atoms with van der Waals surface area (Å²) in [5.41, 5.74) is 6.90. The van der Waals surface area contributed by atoms with Crippen LogP contribution in [0, 0.1) is 11.3 Å². The minimum atomic E-state index is -1.06. The summed E-state index contributed by atoms with van der Waals surface area (Å²) >= 11 is 1.32. The van der Waals surface area contributed by atoms with Gasteiger partial charge in [0.25, 0.3) is 6.47 Å². The van der Waals surface area contributed by atoms with Crippen LogP contribution in [-0.2, 0) is 24.7 Å². The summed E-state index contributed by atoms with van der Waals surface area (Å²) in [5.74, 6) is -0.351. The Kier molecular flexibility index (Phi) is 9.79. The third kappa shape index (κ3) is 7.76. The quantitative estimate of drug-likeness (QED) is 0.191. The molecule has 2 aromatic rings. The summed E-state index contributed by atoms with van der Waals surface area (Å²) in [4.78, 5) is 26.6. The van der Waals surface area contributed by atoms with E-state index in [0.29, 0.717) is 65.6 Å². The Morgan fingerprint density at radius 2 is 2.03 bits per heavy atom. The van der Waals surface area contributed by atoms with Crippen LogP contribution in [0.1, 0.15) is 68.8 Å². The number of hydrogen-bond donors (Lipinski definition) is 4. The van der Waals surface area contributed by atoms with Crippen molar-refractivity contribution in [1.82, 2.24) is 4.98 Å². The molecule has 192 valence electrons. The summed E-state index contributed by atoms with van der Waals surface area (Å²) in [6.07, 6.45) is 3.68. The number of aromatic nitrogens is 1. The standard InChI is InChI=1S/C20H26N4O3S.C5H10O2/c1-3-27-18(25)12-6-8-20(26,9-7-12)19-24-11-16(28-19)17(22)14-10-13(21)4-5-15(14)23-2;1-5(2,3)7-4-6/h4-5,10-12,22-23,26H,3,6-9,21H2,1-2H3;4H,1-3H3. The predicted octanol–water partition coefficient (Wildman–Crippen LogP) is 4.08. The maximum absolute atomic E-state index is 11.9. The number of hydrogen-bond acceptors (Lipinski definition) is 10. The normalized spacial score (nSPS) is 19.7. The average molecular weight is 505 g/mol. The number of nitrogens with two attached hydrogens (primary N) is 1. The van der Waals surface area contributed by atoms with Crippen molar-refractivity contribution in [2.45, 2.75) is 64.6 Å². The van der Waals surface area contributed by atoms with Gasteiger partial charge in [-0.15, -0.1) is 11.3 Å². The number of nitrogens with zero attached hydrogens (tertiary/aromatic N) is 1. The van der Waals surface area contributed by atoms with Gasteiger partial charge in [0.15, 0.2) is 0 Å². The number of carbonyl (C=O) groups is 2. The van der Waals surface area contributed by atoms with Gasteiger partial charge in [0, 0.05) is 30.2 Å². The zero-order valence-electron chi connectivity index (χ0n) is 21.0. The molecule has 3 rings (SSSR count). The van der Waals surface area contributed by atoms with E-state index in [1.54, 1.807) is 32.3 Å². The average Bonchev–Trinajstić information content (AvgIpc) is 3.30. The molecule has 1 aliphatic rings. The summed E-state index contributed by atoms with van der Waals surface area (Å²) < 4.78 is 9.64. The maximum Gasteiger partial charge on any atom is 0.308 e. The maximum atomic E-state index is 11.9. The molecule has 0 aliphatic heterocycles. The second kappa shape index (κ2) is 12.1. The van der Waals surface area contributed by atoms with Crippen molar-refractivity contribution in [3.8, 4) is 0 Å². The molecule has 0 atom stereocenters. The van der Waals surface area contributed by atoms with Crippen LogP contribution in [0.4, 0.5) is 11.4 Å². The molecule has 0 radical (unpaired) electrons. The van der Waals surface area contributed by atoms with E-state index in [4.69, 9.17) is 15.9 Å². The molecule has 35 heavy (non-hydrogen) atoms. The number of nitrogen functional groups attached to an aromatic ring is 1. The fourth-order valence-electron chi connectivity index (χ4n) is 3.67. The number of esters is 1. The van der Waals surface area contributed by atoms with Gasteiger partial charge in [-0.3, -0.25) is 15.0 Å².